The van der Waals surface area contributed by atoms with E-state index in [0.29, 0.717) is 0 Å². The molecule has 0 amide bonds. The first-order chi connectivity index (χ1) is 7.93. The lowest BCUT2D eigenvalue weighted by atomic mass is 10.4. The molecule has 0 rings (SSSR count). The van der Waals surface area contributed by atoms with E-state index < -0.39 is 6.10 Å². The fourth-order valence-corrected chi connectivity index (χ4v) is 0.790. The van der Waals surface area contributed by atoms with E-state index in [0.717, 1.165) is 13.2 Å². The minimum Gasteiger partial charge on any atom is -0.463 e. The molecule has 0 bridgehead atoms. The van der Waals surface area contributed by atoms with Crippen molar-refractivity contribution in [1.82, 2.24) is 0 Å². The molecule has 5 nitrogen and oxygen atoms in total. The molecule has 0 aromatic rings. The Kier molecular flexibility index (Phi) is 14.8. The zero-order valence-electron chi connectivity index (χ0n) is 11.6. The van der Waals surface area contributed by atoms with E-state index >= 15 is 0 Å². The summed E-state index contributed by atoms with van der Waals surface area (Å²) in [5, 5.41) is 8.85. The average Bonchev–Trinajstić information content (AvgIpc) is 2.25. The van der Waals surface area contributed by atoms with Crippen LogP contribution >= 0.6 is 0 Å². The average molecular weight is 250 g/mol. The summed E-state index contributed by atoms with van der Waals surface area (Å²) in [6.45, 7) is 10.9. The van der Waals surface area contributed by atoms with Gasteiger partial charge in [-0.05, 0) is 27.7 Å². The summed E-state index contributed by atoms with van der Waals surface area (Å²) >= 11 is 0. The largest absolute Gasteiger partial charge is 0.463 e. The molecule has 1 N–H and O–H groups in total. The lowest BCUT2D eigenvalue weighted by molar-refractivity contribution is -0.145. The van der Waals surface area contributed by atoms with E-state index in [1.54, 1.807) is 13.8 Å². The number of carbonyl (C=O) groups excluding carboxylic acids is 1. The molecule has 0 radical (unpaired) electrons. The molecule has 104 valence electrons. The fourth-order valence-electron chi connectivity index (χ4n) is 0.790. The zero-order chi connectivity index (χ0) is 13.7. The summed E-state index contributed by atoms with van der Waals surface area (Å²) in [6, 6.07) is 0. The van der Waals surface area contributed by atoms with E-state index in [-0.39, 0.29) is 25.3 Å². The molecule has 2 unspecified atom stereocenters. The summed E-state index contributed by atoms with van der Waals surface area (Å²) < 4.78 is 14.7. The van der Waals surface area contributed by atoms with Gasteiger partial charge >= 0.3 is 5.97 Å². The zero-order valence-corrected chi connectivity index (χ0v) is 11.6. The maximum Gasteiger partial charge on any atom is 0.302 e. The number of rotatable bonds is 7. The molecule has 0 heterocycles. The second-order valence-electron chi connectivity index (χ2n) is 3.58. The minimum atomic E-state index is -0.482. The third-order valence-corrected chi connectivity index (χ3v) is 1.55. The van der Waals surface area contributed by atoms with Crippen molar-refractivity contribution < 1.29 is 24.1 Å². The highest BCUT2D eigenvalue weighted by molar-refractivity contribution is 5.65. The van der Waals surface area contributed by atoms with Gasteiger partial charge in [0.15, 0.2) is 0 Å². The maximum atomic E-state index is 10.4. The van der Waals surface area contributed by atoms with Gasteiger partial charge in [0.2, 0.25) is 0 Å². The van der Waals surface area contributed by atoms with Gasteiger partial charge in [0, 0.05) is 20.1 Å². The Labute approximate surface area is 104 Å². The van der Waals surface area contributed by atoms with Crippen LogP contribution in [-0.2, 0) is 19.0 Å². The Morgan fingerprint density at radius 1 is 1.18 bits per heavy atom. The Bertz CT molecular complexity index is 168. The Morgan fingerprint density at radius 3 is 2.00 bits per heavy atom. The van der Waals surface area contributed by atoms with Crippen molar-refractivity contribution in [3.05, 3.63) is 0 Å². The molecule has 0 aromatic heterocycles. The van der Waals surface area contributed by atoms with Crippen molar-refractivity contribution in [2.45, 2.75) is 46.8 Å². The quantitative estimate of drug-likeness (QED) is 0.691. The predicted octanol–water partition coefficient (Wildman–Crippen LogP) is 1.38. The molecule has 0 fully saturated rings. The fraction of sp³-hybridized carbons (Fsp3) is 0.917. The normalized spacial score (nSPS) is 13.3. The molecular weight excluding hydrogens is 224 g/mol. The van der Waals surface area contributed by atoms with Crippen molar-refractivity contribution >= 4 is 5.97 Å². The monoisotopic (exact) mass is 250 g/mol. The van der Waals surface area contributed by atoms with Crippen LogP contribution in [0.5, 0.6) is 0 Å². The number of aliphatic hydroxyl groups excluding tert-OH is 1. The molecule has 0 spiro atoms. The van der Waals surface area contributed by atoms with Gasteiger partial charge in [0.05, 0.1) is 18.8 Å². The van der Waals surface area contributed by atoms with E-state index in [4.69, 9.17) is 19.3 Å². The van der Waals surface area contributed by atoms with Crippen molar-refractivity contribution in [2.24, 2.45) is 0 Å². The Hall–Kier alpha value is -0.650. The summed E-state index contributed by atoms with van der Waals surface area (Å²) in [7, 11) is 0. The van der Waals surface area contributed by atoms with Gasteiger partial charge in [-0.15, -0.1) is 0 Å². The van der Waals surface area contributed by atoms with Crippen LogP contribution in [-0.4, -0.2) is 49.7 Å². The molecule has 0 aliphatic heterocycles. The van der Waals surface area contributed by atoms with E-state index in [1.807, 2.05) is 13.8 Å². The molecule has 0 aromatic carbocycles. The van der Waals surface area contributed by atoms with Crippen LogP contribution in [0.3, 0.4) is 0 Å². The van der Waals surface area contributed by atoms with Crippen LogP contribution in [0, 0.1) is 0 Å². The molecule has 5 heteroatoms. The summed E-state index contributed by atoms with van der Waals surface area (Å²) in [5.41, 5.74) is 0. The minimum absolute atomic E-state index is 0.163. The number of hydrogen-bond acceptors (Lipinski definition) is 5. The number of esters is 1. The van der Waals surface area contributed by atoms with Gasteiger partial charge in [-0.3, -0.25) is 4.79 Å². The van der Waals surface area contributed by atoms with Crippen LogP contribution in [0.25, 0.3) is 0 Å². The third-order valence-electron chi connectivity index (χ3n) is 1.55. The standard InChI is InChI=1S/C8H16O4.C4H10O/c1-6(9)4-11-7(2)5-12-8(3)10;1-3-5-4-2/h6-7,9H,4-5H2,1-3H3;3-4H2,1-2H3. The van der Waals surface area contributed by atoms with Crippen molar-refractivity contribution in [2.75, 3.05) is 26.4 Å². The molecule has 2 atom stereocenters. The van der Waals surface area contributed by atoms with E-state index in [2.05, 4.69) is 0 Å². The molecule has 0 saturated carbocycles. The van der Waals surface area contributed by atoms with Gasteiger partial charge in [0.1, 0.15) is 6.61 Å². The van der Waals surface area contributed by atoms with Crippen LogP contribution in [0.4, 0.5) is 0 Å². The van der Waals surface area contributed by atoms with Gasteiger partial charge in [-0.1, -0.05) is 0 Å². The van der Waals surface area contributed by atoms with Crippen molar-refractivity contribution in [1.29, 1.82) is 0 Å². The van der Waals surface area contributed by atoms with Crippen molar-refractivity contribution in [3.63, 3.8) is 0 Å². The highest BCUT2D eigenvalue weighted by Crippen LogP contribution is 1.94. The van der Waals surface area contributed by atoms with Gasteiger partial charge < -0.3 is 19.3 Å². The second-order valence-corrected chi connectivity index (χ2v) is 3.58. The summed E-state index contributed by atoms with van der Waals surface area (Å²) in [6.07, 6.45) is -0.645. The first kappa shape index (κ1) is 18.7. The number of hydrogen-bond donors (Lipinski definition) is 1. The molecular formula is C12H26O5. The number of ether oxygens (including phenoxy) is 3. The summed E-state index contributed by atoms with van der Waals surface area (Å²) in [5.74, 6) is -0.317. The van der Waals surface area contributed by atoms with E-state index in [9.17, 15) is 4.79 Å². The van der Waals surface area contributed by atoms with Crippen LogP contribution in [0.2, 0.25) is 0 Å². The van der Waals surface area contributed by atoms with E-state index in [1.165, 1.54) is 6.92 Å². The smallest absolute Gasteiger partial charge is 0.302 e. The van der Waals surface area contributed by atoms with Crippen molar-refractivity contribution in [3.8, 4) is 0 Å². The van der Waals surface area contributed by atoms with Crippen LogP contribution in [0.1, 0.15) is 34.6 Å². The molecule has 17 heavy (non-hydrogen) atoms. The van der Waals surface area contributed by atoms with Gasteiger partial charge in [-0.25, -0.2) is 0 Å². The number of aliphatic hydroxyl groups is 1. The maximum absolute atomic E-state index is 10.4. The molecule has 0 saturated heterocycles. The third kappa shape index (κ3) is 21.2. The second kappa shape index (κ2) is 13.4. The van der Waals surface area contributed by atoms with Gasteiger partial charge in [-0.2, -0.15) is 0 Å². The summed E-state index contributed by atoms with van der Waals surface area (Å²) in [4.78, 5) is 10.4. The lowest BCUT2D eigenvalue weighted by Gasteiger charge is -2.13. The Balaban J connectivity index is 0. The van der Waals surface area contributed by atoms with Crippen LogP contribution in [0.15, 0.2) is 0 Å². The highest BCUT2D eigenvalue weighted by atomic mass is 16.6. The lowest BCUT2D eigenvalue weighted by Crippen LogP contribution is -2.22. The molecule has 0 aliphatic carbocycles. The first-order valence-corrected chi connectivity index (χ1v) is 5.94. The van der Waals surface area contributed by atoms with Gasteiger partial charge in [0.25, 0.3) is 0 Å². The van der Waals surface area contributed by atoms with Crippen LogP contribution < -0.4 is 0 Å². The molecule has 0 aliphatic rings. The number of carbonyl (C=O) groups is 1. The topological polar surface area (TPSA) is 65.0 Å². The first-order valence-electron chi connectivity index (χ1n) is 5.94. The predicted molar refractivity (Wildman–Crippen MR) is 65.9 cm³/mol. The SMILES string of the molecule is CC(=O)OCC(C)OCC(C)O.CCOCC. The highest BCUT2D eigenvalue weighted by Gasteiger charge is 2.05. The Morgan fingerprint density at radius 2 is 1.71 bits per heavy atom.